The van der Waals surface area contributed by atoms with Gasteiger partial charge in [0.2, 0.25) is 5.91 Å². The minimum absolute atomic E-state index is 0.00952. The number of rotatable bonds is 12. The van der Waals surface area contributed by atoms with Crippen LogP contribution in [-0.2, 0) is 11.2 Å². The molecule has 1 spiro atoms. The summed E-state index contributed by atoms with van der Waals surface area (Å²) < 4.78 is 21.0. The molecule has 15 nitrogen and oxygen atoms in total. The number of aromatic nitrogens is 3. The summed E-state index contributed by atoms with van der Waals surface area (Å²) >= 11 is 0. The maximum Gasteiger partial charge on any atom is 0.328 e. The topological polar surface area (TPSA) is 176 Å². The Morgan fingerprint density at radius 3 is 2.41 bits per heavy atom. The van der Waals surface area contributed by atoms with E-state index in [2.05, 4.69) is 68.6 Å². The van der Waals surface area contributed by atoms with E-state index >= 15 is 4.39 Å². The third kappa shape index (κ3) is 9.93. The number of anilines is 2. The SMILES string of the molecule is CCOc1ccc(C(=O)N2CCC3(CCN(CCc4ccc(-c5cc6c(-c7cc(F)cc(NC(=O)N8C[C@H](CC(C)C)[C@@H](O)C8)c7C)ncnc6[nH]5)cc4)CC3)CC2)cc1N1CCC(=O)NC1=O. The smallest absolute Gasteiger partial charge is 0.328 e. The van der Waals surface area contributed by atoms with Crippen LogP contribution >= 0.6 is 0 Å². The molecule has 0 aliphatic carbocycles. The van der Waals surface area contributed by atoms with Crippen LogP contribution in [0.3, 0.4) is 0 Å². The van der Waals surface area contributed by atoms with Crippen LogP contribution in [0.1, 0.15) is 80.8 Å². The van der Waals surface area contributed by atoms with Crippen molar-refractivity contribution in [2.75, 3.05) is 69.2 Å². The lowest BCUT2D eigenvalue weighted by molar-refractivity contribution is -0.120. The zero-order chi connectivity index (χ0) is 47.7. The van der Waals surface area contributed by atoms with E-state index in [-0.39, 0.29) is 48.7 Å². The lowest BCUT2D eigenvalue weighted by Crippen LogP contribution is -2.50. The fourth-order valence-electron chi connectivity index (χ4n) is 10.6. The van der Waals surface area contributed by atoms with Gasteiger partial charge in [-0.3, -0.25) is 19.8 Å². The Hall–Kier alpha value is -6.39. The molecular formula is C52H62FN9O6. The van der Waals surface area contributed by atoms with Crippen LogP contribution in [0.2, 0.25) is 0 Å². The fourth-order valence-corrected chi connectivity index (χ4v) is 10.6. The minimum Gasteiger partial charge on any atom is -0.492 e. The average molecular weight is 928 g/mol. The number of aromatic amines is 1. The van der Waals surface area contributed by atoms with Gasteiger partial charge in [-0.2, -0.15) is 0 Å². The molecule has 4 fully saturated rings. The number of aliphatic hydroxyl groups excluding tert-OH is 1. The molecule has 0 bridgehead atoms. The molecule has 6 heterocycles. The minimum atomic E-state index is -0.585. The predicted molar refractivity (Wildman–Crippen MR) is 259 cm³/mol. The molecule has 0 radical (unpaired) electrons. The maximum atomic E-state index is 15.3. The number of likely N-dealkylation sites (tertiary alicyclic amines) is 3. The summed E-state index contributed by atoms with van der Waals surface area (Å²) in [5, 5.41) is 16.6. The highest BCUT2D eigenvalue weighted by Crippen LogP contribution is 2.42. The first-order valence-electron chi connectivity index (χ1n) is 24.1. The number of benzene rings is 3. The number of halogens is 1. The number of nitrogens with one attached hydrogen (secondary N) is 3. The van der Waals surface area contributed by atoms with Gasteiger partial charge in [0.1, 0.15) is 23.5 Å². The summed E-state index contributed by atoms with van der Waals surface area (Å²) in [6.07, 6.45) is 6.92. The first-order valence-corrected chi connectivity index (χ1v) is 24.1. The van der Waals surface area contributed by atoms with Crippen LogP contribution < -0.4 is 20.3 Å². The molecule has 9 rings (SSSR count). The number of urea groups is 2. The molecule has 358 valence electrons. The second kappa shape index (κ2) is 19.7. The van der Waals surface area contributed by atoms with Crippen LogP contribution in [0.4, 0.5) is 25.4 Å². The van der Waals surface area contributed by atoms with Gasteiger partial charge in [-0.15, -0.1) is 0 Å². The Labute approximate surface area is 396 Å². The molecule has 0 unspecified atom stereocenters. The van der Waals surface area contributed by atoms with Gasteiger partial charge in [-0.05, 0) is 130 Å². The van der Waals surface area contributed by atoms with E-state index in [1.54, 1.807) is 23.1 Å². The molecule has 4 saturated heterocycles. The van der Waals surface area contributed by atoms with E-state index in [9.17, 15) is 24.3 Å². The molecule has 68 heavy (non-hydrogen) atoms. The largest absolute Gasteiger partial charge is 0.492 e. The summed E-state index contributed by atoms with van der Waals surface area (Å²) in [4.78, 5) is 71.7. The lowest BCUT2D eigenvalue weighted by atomic mass is 9.71. The Morgan fingerprint density at radius 2 is 1.69 bits per heavy atom. The zero-order valence-corrected chi connectivity index (χ0v) is 39.4. The van der Waals surface area contributed by atoms with Crippen molar-refractivity contribution < 1.29 is 33.4 Å². The van der Waals surface area contributed by atoms with Gasteiger partial charge in [0.15, 0.2) is 0 Å². The summed E-state index contributed by atoms with van der Waals surface area (Å²) in [6, 6.07) is 17.6. The first kappa shape index (κ1) is 46.7. The molecule has 16 heteroatoms. The number of H-pyrrole nitrogens is 1. The maximum absolute atomic E-state index is 15.3. The van der Waals surface area contributed by atoms with Gasteiger partial charge in [-0.1, -0.05) is 38.1 Å². The van der Waals surface area contributed by atoms with Gasteiger partial charge < -0.3 is 34.8 Å². The highest BCUT2D eigenvalue weighted by Gasteiger charge is 2.39. The molecule has 2 atom stereocenters. The van der Waals surface area contributed by atoms with Crippen LogP contribution in [0, 0.1) is 30.0 Å². The lowest BCUT2D eigenvalue weighted by Gasteiger charge is -2.47. The van der Waals surface area contributed by atoms with Gasteiger partial charge in [0.05, 0.1) is 24.1 Å². The van der Waals surface area contributed by atoms with Gasteiger partial charge in [-0.25, -0.2) is 23.9 Å². The second-order valence-corrected chi connectivity index (χ2v) is 19.5. The molecule has 5 aromatic rings. The van der Waals surface area contributed by atoms with Gasteiger partial charge >= 0.3 is 12.1 Å². The molecular weight excluding hydrogens is 866 g/mol. The van der Waals surface area contributed by atoms with Crippen molar-refractivity contribution in [3.05, 3.63) is 89.5 Å². The number of carbonyl (C=O) groups excluding carboxylic acids is 4. The molecule has 4 aliphatic rings. The number of hydrogen-bond donors (Lipinski definition) is 4. The number of nitrogens with zero attached hydrogens (tertiary/aromatic N) is 6. The van der Waals surface area contributed by atoms with E-state index in [1.807, 2.05) is 24.8 Å². The molecule has 3 aromatic carbocycles. The molecule has 6 amide bonds. The predicted octanol–water partition coefficient (Wildman–Crippen LogP) is 8.02. The monoisotopic (exact) mass is 927 g/mol. The van der Waals surface area contributed by atoms with Crippen LogP contribution in [-0.4, -0.2) is 124 Å². The summed E-state index contributed by atoms with van der Waals surface area (Å²) in [5.41, 5.74) is 7.09. The zero-order valence-electron chi connectivity index (χ0n) is 39.4. The van der Waals surface area contributed by atoms with Crippen LogP contribution in [0.15, 0.2) is 67.0 Å². The van der Waals surface area contributed by atoms with Crippen molar-refractivity contribution in [3.63, 3.8) is 0 Å². The van der Waals surface area contributed by atoms with Crippen molar-refractivity contribution in [2.45, 2.75) is 78.7 Å². The number of ether oxygens (including phenoxy) is 1. The van der Waals surface area contributed by atoms with Gasteiger partial charge in [0.25, 0.3) is 5.91 Å². The summed E-state index contributed by atoms with van der Waals surface area (Å²) in [6.45, 7) is 13.6. The van der Waals surface area contributed by atoms with Gasteiger partial charge in [0, 0.05) is 79.5 Å². The van der Waals surface area contributed by atoms with Crippen LogP contribution in [0.25, 0.3) is 33.5 Å². The van der Waals surface area contributed by atoms with Crippen molar-refractivity contribution in [2.24, 2.45) is 17.3 Å². The fraction of sp³-hybridized carbons (Fsp3) is 0.462. The standard InChI is InChI=1S/C52H62FN9O6/c1-5-68-45-11-10-36(25-43(45)62-19-13-46(64)58-51(62)67)49(65)60-22-16-52(17-23-60)14-20-59(21-15-52)18-12-34-6-8-35(9-7-34)42-28-40-47(54-31-55-48(40)56-42)39-26-38(53)27-41(33(39)4)57-50(66)61-29-37(24-32(2)3)44(63)30-61/h6-11,25-28,31-32,37,44,63H,5,12-24,29-30H2,1-4H3,(H,57,66)(H,54,55,56)(H,58,64,67)/t37-,44-/m0/s1. The van der Waals surface area contributed by atoms with Crippen molar-refractivity contribution >= 4 is 46.3 Å². The van der Waals surface area contributed by atoms with E-state index in [1.165, 1.54) is 28.9 Å². The highest BCUT2D eigenvalue weighted by atomic mass is 19.1. The van der Waals surface area contributed by atoms with E-state index < -0.39 is 18.0 Å². The van der Waals surface area contributed by atoms with Crippen LogP contribution in [0.5, 0.6) is 5.75 Å². The number of β-amino-alcohol motifs (C(OH)–C–C–N with tert-alkyl or cyclic N) is 1. The molecule has 4 aliphatic heterocycles. The molecule has 4 N–H and O–H groups in total. The van der Waals surface area contributed by atoms with E-state index in [4.69, 9.17) is 4.74 Å². The number of piperidine rings is 2. The Balaban J connectivity index is 0.782. The van der Waals surface area contributed by atoms with E-state index in [0.717, 1.165) is 74.8 Å². The Kier molecular flexibility index (Phi) is 13.5. The number of hydrogen-bond acceptors (Lipinski definition) is 9. The quantitative estimate of drug-likeness (QED) is 0.0966. The number of amides is 6. The summed E-state index contributed by atoms with van der Waals surface area (Å²) in [7, 11) is 0. The second-order valence-electron chi connectivity index (χ2n) is 19.5. The third-order valence-corrected chi connectivity index (χ3v) is 14.6. The Morgan fingerprint density at radius 1 is 0.941 bits per heavy atom. The van der Waals surface area contributed by atoms with E-state index in [0.29, 0.717) is 77.3 Å². The van der Waals surface area contributed by atoms with Crippen molar-refractivity contribution in [1.29, 1.82) is 0 Å². The van der Waals surface area contributed by atoms with Crippen molar-refractivity contribution in [1.82, 2.24) is 35.0 Å². The Bertz CT molecular complexity index is 2690. The first-order chi connectivity index (χ1) is 32.8. The average Bonchev–Trinajstić information content (AvgIpc) is 3.93. The van der Waals surface area contributed by atoms with Crippen molar-refractivity contribution in [3.8, 4) is 28.3 Å². The normalized spacial score (nSPS) is 19.8. The molecule has 0 saturated carbocycles. The highest BCUT2D eigenvalue weighted by molar-refractivity contribution is 6.07. The molecule has 2 aromatic heterocycles. The number of carbonyl (C=O) groups is 4. The number of aliphatic hydroxyl groups is 1. The third-order valence-electron chi connectivity index (χ3n) is 14.6. The number of fused-ring (bicyclic) bond motifs is 1. The number of imide groups is 1. The summed E-state index contributed by atoms with van der Waals surface area (Å²) in [5.74, 6) is 0.0408.